The number of aliphatic imine (C=N–C) groups is 1. The number of likely N-dealkylation sites (tertiary alicyclic amines) is 1. The van der Waals surface area contributed by atoms with Gasteiger partial charge in [0.25, 0.3) is 0 Å². The number of carbonyl (C=O) groups is 1. The third kappa shape index (κ3) is 7.11. The summed E-state index contributed by atoms with van der Waals surface area (Å²) in [4.78, 5) is 18.9. The first-order chi connectivity index (χ1) is 12.8. The van der Waals surface area contributed by atoms with E-state index < -0.39 is 5.60 Å². The number of amides is 1. The van der Waals surface area contributed by atoms with Crippen LogP contribution in [0.25, 0.3) is 0 Å². The molecule has 0 bridgehead atoms. The number of hydrogen-bond acceptors (Lipinski definition) is 4. The van der Waals surface area contributed by atoms with E-state index in [1.165, 1.54) is 5.56 Å². The molecule has 1 atom stereocenters. The van der Waals surface area contributed by atoms with E-state index in [1.807, 2.05) is 33.9 Å². The number of aryl methyl sites for hydroxylation is 2. The van der Waals surface area contributed by atoms with Crippen LogP contribution in [0.5, 0.6) is 0 Å². The molecule has 2 rings (SSSR count). The Labute approximate surface area is 162 Å². The number of alkyl carbamates (subject to hydrolysis) is 1. The maximum Gasteiger partial charge on any atom is 0.407 e. The second kappa shape index (κ2) is 9.62. The molecule has 1 amide bonds. The smallest absolute Gasteiger partial charge is 0.407 e. The molecular weight excluding hydrogens is 344 g/mol. The van der Waals surface area contributed by atoms with Crippen LogP contribution in [0.3, 0.4) is 0 Å². The Morgan fingerprint density at radius 1 is 1.48 bits per heavy atom. The first-order valence-corrected chi connectivity index (χ1v) is 9.80. The molecule has 0 saturated carbocycles. The summed E-state index contributed by atoms with van der Waals surface area (Å²) in [7, 11) is 0. The van der Waals surface area contributed by atoms with E-state index in [0.29, 0.717) is 0 Å². The highest BCUT2D eigenvalue weighted by atomic mass is 16.6. The van der Waals surface area contributed by atoms with Crippen molar-refractivity contribution in [1.29, 1.82) is 0 Å². The maximum atomic E-state index is 12.0. The van der Waals surface area contributed by atoms with Crippen molar-refractivity contribution in [3.05, 3.63) is 17.5 Å². The third-order valence-corrected chi connectivity index (χ3v) is 4.34. The van der Waals surface area contributed by atoms with E-state index >= 15 is 0 Å². The molecule has 8 nitrogen and oxygen atoms in total. The molecule has 0 spiro atoms. The van der Waals surface area contributed by atoms with Gasteiger partial charge < -0.3 is 20.3 Å². The summed E-state index contributed by atoms with van der Waals surface area (Å²) >= 11 is 0. The first-order valence-electron chi connectivity index (χ1n) is 9.80. The molecule has 27 heavy (non-hydrogen) atoms. The molecular formula is C19H34N6O2. The van der Waals surface area contributed by atoms with Gasteiger partial charge in [-0.15, -0.1) is 0 Å². The Bertz CT molecular complexity index is 634. The summed E-state index contributed by atoms with van der Waals surface area (Å²) in [6.07, 6.45) is 4.36. The minimum absolute atomic E-state index is 0.0808. The van der Waals surface area contributed by atoms with E-state index in [-0.39, 0.29) is 12.1 Å². The average Bonchev–Trinajstić information content (AvgIpc) is 3.18. The molecule has 1 saturated heterocycles. The van der Waals surface area contributed by atoms with Crippen LogP contribution in [0.1, 0.15) is 51.8 Å². The van der Waals surface area contributed by atoms with E-state index in [0.717, 1.165) is 57.1 Å². The molecule has 1 aromatic rings. The molecule has 1 aliphatic heterocycles. The van der Waals surface area contributed by atoms with Gasteiger partial charge in [-0.05, 0) is 59.4 Å². The Kier molecular flexibility index (Phi) is 7.50. The van der Waals surface area contributed by atoms with Crippen LogP contribution in [-0.4, -0.2) is 65.0 Å². The van der Waals surface area contributed by atoms with Crippen molar-refractivity contribution in [2.75, 3.05) is 26.2 Å². The Morgan fingerprint density at radius 3 is 2.89 bits per heavy atom. The number of nitrogens with zero attached hydrogens (tertiary/aromatic N) is 3. The van der Waals surface area contributed by atoms with Crippen LogP contribution in [0.15, 0.2) is 11.2 Å². The lowest BCUT2D eigenvalue weighted by molar-refractivity contribution is 0.0507. The fourth-order valence-corrected chi connectivity index (χ4v) is 3.05. The number of rotatable bonds is 6. The fraction of sp³-hybridized carbons (Fsp3) is 0.737. The summed E-state index contributed by atoms with van der Waals surface area (Å²) in [5.74, 6) is 0.912. The van der Waals surface area contributed by atoms with E-state index in [1.54, 1.807) is 0 Å². The largest absolute Gasteiger partial charge is 0.444 e. The number of hydrogen-bond donors (Lipinski definition) is 3. The lowest BCUT2D eigenvalue weighted by Crippen LogP contribution is -2.44. The van der Waals surface area contributed by atoms with Gasteiger partial charge in [0.2, 0.25) is 0 Å². The number of H-pyrrole nitrogens is 1. The number of aromatic amines is 1. The summed E-state index contributed by atoms with van der Waals surface area (Å²) < 4.78 is 5.35. The number of nitrogens with one attached hydrogen (secondary N) is 3. The van der Waals surface area contributed by atoms with Gasteiger partial charge in [0.15, 0.2) is 5.96 Å². The maximum absolute atomic E-state index is 12.0. The first kappa shape index (κ1) is 21.1. The van der Waals surface area contributed by atoms with Crippen molar-refractivity contribution in [3.8, 4) is 0 Å². The molecule has 0 radical (unpaired) electrons. The van der Waals surface area contributed by atoms with Gasteiger partial charge in [-0.25, -0.2) is 4.79 Å². The van der Waals surface area contributed by atoms with E-state index in [2.05, 4.69) is 32.7 Å². The predicted molar refractivity (Wildman–Crippen MR) is 107 cm³/mol. The van der Waals surface area contributed by atoms with Crippen LogP contribution >= 0.6 is 0 Å². The van der Waals surface area contributed by atoms with Crippen molar-refractivity contribution < 1.29 is 9.53 Å². The van der Waals surface area contributed by atoms with Crippen molar-refractivity contribution in [3.63, 3.8) is 0 Å². The normalized spacial score (nSPS) is 17.9. The zero-order chi connectivity index (χ0) is 19.9. The molecule has 8 heteroatoms. The van der Waals surface area contributed by atoms with Crippen molar-refractivity contribution in [2.24, 2.45) is 4.99 Å². The van der Waals surface area contributed by atoms with Gasteiger partial charge in [0.05, 0.1) is 12.2 Å². The topological polar surface area (TPSA) is 94.6 Å². The van der Waals surface area contributed by atoms with Gasteiger partial charge in [-0.1, -0.05) is 0 Å². The van der Waals surface area contributed by atoms with Crippen LogP contribution in [0.2, 0.25) is 0 Å². The molecule has 2 heterocycles. The summed E-state index contributed by atoms with van der Waals surface area (Å²) in [5.41, 5.74) is 1.89. The van der Waals surface area contributed by atoms with Crippen LogP contribution in [0.4, 0.5) is 4.79 Å². The number of ether oxygens (including phenoxy) is 1. The second-order valence-electron chi connectivity index (χ2n) is 7.94. The monoisotopic (exact) mass is 378 g/mol. The molecule has 1 aliphatic rings. The van der Waals surface area contributed by atoms with Crippen LogP contribution in [0, 0.1) is 6.92 Å². The zero-order valence-electron chi connectivity index (χ0n) is 17.3. The molecule has 3 N–H and O–H groups in total. The Hall–Kier alpha value is -2.25. The SMILES string of the molecule is CCNC(=NCCCc1cn[nH]c1C)N1CCC(NC(=O)OC(C)(C)C)C1. The molecule has 1 aromatic heterocycles. The van der Waals surface area contributed by atoms with Crippen molar-refractivity contribution in [1.82, 2.24) is 25.7 Å². The van der Waals surface area contributed by atoms with Gasteiger partial charge >= 0.3 is 6.09 Å². The fourth-order valence-electron chi connectivity index (χ4n) is 3.05. The zero-order valence-corrected chi connectivity index (χ0v) is 17.3. The molecule has 1 fully saturated rings. The number of carbonyl (C=O) groups excluding carboxylic acids is 1. The van der Waals surface area contributed by atoms with Gasteiger partial charge in [0.1, 0.15) is 5.60 Å². The molecule has 1 unspecified atom stereocenters. The van der Waals surface area contributed by atoms with Crippen LogP contribution < -0.4 is 10.6 Å². The lowest BCUT2D eigenvalue weighted by Gasteiger charge is -2.23. The van der Waals surface area contributed by atoms with E-state index in [4.69, 9.17) is 9.73 Å². The third-order valence-electron chi connectivity index (χ3n) is 4.34. The number of aromatic nitrogens is 2. The predicted octanol–water partition coefficient (Wildman–Crippen LogP) is 2.22. The van der Waals surface area contributed by atoms with Gasteiger partial charge in [-0.2, -0.15) is 5.10 Å². The molecule has 152 valence electrons. The van der Waals surface area contributed by atoms with Crippen molar-refractivity contribution in [2.45, 2.75) is 65.5 Å². The molecule has 0 aromatic carbocycles. The summed E-state index contributed by atoms with van der Waals surface area (Å²) in [6.45, 7) is 12.9. The minimum Gasteiger partial charge on any atom is -0.444 e. The standard InChI is InChI=1S/C19H34N6O2/c1-6-20-17(21-10-7-8-15-12-22-24-14(15)2)25-11-9-16(13-25)23-18(26)27-19(3,4)5/h12,16H,6-11,13H2,1-5H3,(H,20,21)(H,22,24)(H,23,26). The van der Waals surface area contributed by atoms with E-state index in [9.17, 15) is 4.79 Å². The number of guanidine groups is 1. The lowest BCUT2D eigenvalue weighted by atomic mass is 10.1. The highest BCUT2D eigenvalue weighted by Crippen LogP contribution is 2.12. The Balaban J connectivity index is 1.81. The quantitative estimate of drug-likeness (QED) is 0.401. The highest BCUT2D eigenvalue weighted by Gasteiger charge is 2.27. The van der Waals surface area contributed by atoms with Gasteiger partial charge in [0, 0.05) is 31.9 Å². The Morgan fingerprint density at radius 2 is 2.26 bits per heavy atom. The second-order valence-corrected chi connectivity index (χ2v) is 7.94. The van der Waals surface area contributed by atoms with Crippen LogP contribution in [-0.2, 0) is 11.2 Å². The van der Waals surface area contributed by atoms with Gasteiger partial charge in [-0.3, -0.25) is 10.1 Å². The van der Waals surface area contributed by atoms with Crippen molar-refractivity contribution >= 4 is 12.1 Å². The molecule has 0 aliphatic carbocycles. The summed E-state index contributed by atoms with van der Waals surface area (Å²) in [6, 6.07) is 0.0808. The highest BCUT2D eigenvalue weighted by molar-refractivity contribution is 5.80. The minimum atomic E-state index is -0.480. The summed E-state index contributed by atoms with van der Waals surface area (Å²) in [5, 5.41) is 13.3. The average molecular weight is 379 g/mol.